The predicted molar refractivity (Wildman–Crippen MR) is 144 cm³/mol. The maximum atomic E-state index is 6.07. The summed E-state index contributed by atoms with van der Waals surface area (Å²) < 4.78 is 0. The summed E-state index contributed by atoms with van der Waals surface area (Å²) in [7, 11) is 3.49. The summed E-state index contributed by atoms with van der Waals surface area (Å²) in [6.45, 7) is 1.79. The number of rotatable bonds is 11. The van der Waals surface area contributed by atoms with E-state index in [0.29, 0.717) is 0 Å². The summed E-state index contributed by atoms with van der Waals surface area (Å²) in [5, 5.41) is 0. The van der Waals surface area contributed by atoms with E-state index in [2.05, 4.69) is 9.98 Å². The average Bonchev–Trinajstić information content (AvgIpc) is 3.10. The Morgan fingerprint density at radius 3 is 1.27 bits per heavy atom. The van der Waals surface area contributed by atoms with Crippen LogP contribution in [0, 0.1) is 11.8 Å². The number of amidine groups is 2. The molecule has 2 aliphatic carbocycles. The van der Waals surface area contributed by atoms with Crippen LogP contribution in [-0.4, -0.2) is 36.3 Å². The van der Waals surface area contributed by atoms with Crippen LogP contribution in [0.1, 0.15) is 89.9 Å². The van der Waals surface area contributed by atoms with E-state index in [-0.39, 0.29) is 24.8 Å². The van der Waals surface area contributed by atoms with Crippen LogP contribution in [0.3, 0.4) is 0 Å². The summed E-state index contributed by atoms with van der Waals surface area (Å²) in [5.41, 5.74) is 12.1. The van der Waals surface area contributed by atoms with Crippen LogP contribution < -0.4 is 11.5 Å². The maximum absolute atomic E-state index is 6.07. The number of halogens is 2. The van der Waals surface area contributed by atoms with Crippen molar-refractivity contribution in [3.05, 3.63) is 0 Å². The monoisotopic (exact) mass is 498 g/mol. The minimum Gasteiger partial charge on any atom is -0.387 e. The number of hydrogen-bond acceptors (Lipinski definition) is 4. The molecule has 4 nitrogen and oxygen atoms in total. The smallest absolute Gasteiger partial charge is 0.105 e. The van der Waals surface area contributed by atoms with Crippen molar-refractivity contribution in [1.82, 2.24) is 0 Å². The van der Waals surface area contributed by atoms with Crippen molar-refractivity contribution in [2.45, 2.75) is 89.9 Å². The molecule has 0 spiro atoms. The first-order valence-electron chi connectivity index (χ1n) is 11.6. The van der Waals surface area contributed by atoms with Gasteiger partial charge in [0.05, 0.1) is 11.5 Å². The van der Waals surface area contributed by atoms with Crippen LogP contribution in [0.2, 0.25) is 0 Å². The molecule has 0 bridgehead atoms. The zero-order chi connectivity index (χ0) is 19.9. The molecule has 30 heavy (non-hydrogen) atoms. The molecule has 0 saturated heterocycles. The van der Waals surface area contributed by atoms with Crippen LogP contribution in [0.25, 0.3) is 0 Å². The molecule has 0 aromatic heterocycles. The lowest BCUT2D eigenvalue weighted by molar-refractivity contribution is 0.434. The predicted octanol–water partition coefficient (Wildman–Crippen LogP) is 6.65. The highest BCUT2D eigenvalue weighted by molar-refractivity contribution is 8.77. The Hall–Kier alpha value is 0.220. The number of aliphatic imine (C=N–C) groups is 2. The Balaban J connectivity index is 0.00000420. The highest BCUT2D eigenvalue weighted by Gasteiger charge is 2.12. The van der Waals surface area contributed by atoms with Gasteiger partial charge in [-0.2, -0.15) is 0 Å². The van der Waals surface area contributed by atoms with Crippen molar-refractivity contribution in [2.24, 2.45) is 33.3 Å². The molecular formula is C22H44Cl2N4S2. The zero-order valence-electron chi connectivity index (χ0n) is 18.6. The lowest BCUT2D eigenvalue weighted by Gasteiger charge is -2.12. The molecule has 2 fully saturated rings. The van der Waals surface area contributed by atoms with Crippen LogP contribution in [0.15, 0.2) is 9.98 Å². The standard InChI is InChI=1S/C22H42N4S2.2ClH/c23-21(25-15-13-19-9-5-1-2-6-10-19)17-27-28-18-22(24)26-16-14-20-11-7-3-4-8-12-20;;/h19-20H,1-18H2,(H2,23,25)(H2,24,26);2*1H. The van der Waals surface area contributed by atoms with Gasteiger partial charge in [-0.15, -0.1) is 24.8 Å². The van der Waals surface area contributed by atoms with Gasteiger partial charge in [0.15, 0.2) is 0 Å². The molecule has 2 saturated carbocycles. The van der Waals surface area contributed by atoms with Gasteiger partial charge in [0.2, 0.25) is 0 Å². The quantitative estimate of drug-likeness (QED) is 0.110. The number of nitrogens with two attached hydrogens (primary N) is 2. The molecule has 2 aliphatic rings. The Morgan fingerprint density at radius 1 is 0.600 bits per heavy atom. The van der Waals surface area contributed by atoms with Gasteiger partial charge >= 0.3 is 0 Å². The molecule has 0 amide bonds. The third kappa shape index (κ3) is 15.1. The second-order valence-electron chi connectivity index (χ2n) is 8.56. The minimum absolute atomic E-state index is 0. The minimum atomic E-state index is 0. The molecule has 178 valence electrons. The fourth-order valence-corrected chi connectivity index (χ4v) is 6.20. The van der Waals surface area contributed by atoms with E-state index in [4.69, 9.17) is 11.5 Å². The van der Waals surface area contributed by atoms with Crippen molar-refractivity contribution < 1.29 is 0 Å². The van der Waals surface area contributed by atoms with E-state index >= 15 is 0 Å². The van der Waals surface area contributed by atoms with Gasteiger partial charge in [-0.3, -0.25) is 9.98 Å². The third-order valence-corrected chi connectivity index (χ3v) is 8.35. The van der Waals surface area contributed by atoms with E-state index in [1.165, 1.54) is 89.9 Å². The van der Waals surface area contributed by atoms with E-state index in [1.807, 2.05) is 0 Å². The molecular weight excluding hydrogens is 455 g/mol. The zero-order valence-corrected chi connectivity index (χ0v) is 21.8. The molecule has 0 heterocycles. The van der Waals surface area contributed by atoms with Crippen molar-refractivity contribution in [1.29, 1.82) is 0 Å². The molecule has 0 aromatic rings. The fraction of sp³-hybridized carbons (Fsp3) is 0.909. The molecule has 8 heteroatoms. The van der Waals surface area contributed by atoms with Gasteiger partial charge < -0.3 is 11.5 Å². The van der Waals surface area contributed by atoms with Gasteiger partial charge in [0.1, 0.15) is 11.7 Å². The van der Waals surface area contributed by atoms with E-state index in [9.17, 15) is 0 Å². The summed E-state index contributed by atoms with van der Waals surface area (Å²) >= 11 is 0. The van der Waals surface area contributed by atoms with Crippen LogP contribution in [0.4, 0.5) is 0 Å². The SMILES string of the molecule is Cl.Cl.NC(CSSCC(N)=NCCC1CCCCCC1)=NCCC1CCCCCC1. The normalized spacial score (nSPS) is 20.0. The van der Waals surface area contributed by atoms with Crippen molar-refractivity contribution in [2.75, 3.05) is 24.6 Å². The molecule has 0 radical (unpaired) electrons. The van der Waals surface area contributed by atoms with Crippen molar-refractivity contribution in [3.63, 3.8) is 0 Å². The average molecular weight is 500 g/mol. The summed E-state index contributed by atoms with van der Waals surface area (Å²) in [5.74, 6) is 4.85. The molecule has 4 N–H and O–H groups in total. The third-order valence-electron chi connectivity index (χ3n) is 6.15. The largest absolute Gasteiger partial charge is 0.387 e. The molecule has 0 atom stereocenters. The molecule has 0 aliphatic heterocycles. The van der Waals surface area contributed by atoms with Crippen LogP contribution in [0.5, 0.6) is 0 Å². The molecule has 0 unspecified atom stereocenters. The first kappa shape index (κ1) is 30.2. The van der Waals surface area contributed by atoms with Crippen LogP contribution in [-0.2, 0) is 0 Å². The van der Waals surface area contributed by atoms with E-state index in [1.54, 1.807) is 21.6 Å². The lowest BCUT2D eigenvalue weighted by Crippen LogP contribution is -2.17. The topological polar surface area (TPSA) is 76.8 Å². The van der Waals surface area contributed by atoms with Gasteiger partial charge in [-0.05, 0) is 24.7 Å². The van der Waals surface area contributed by atoms with Crippen LogP contribution >= 0.6 is 46.4 Å². The van der Waals surface area contributed by atoms with Crippen molar-refractivity contribution in [3.8, 4) is 0 Å². The molecule has 2 rings (SSSR count). The van der Waals surface area contributed by atoms with Gasteiger partial charge in [0.25, 0.3) is 0 Å². The Bertz CT molecular complexity index is 420. The first-order valence-corrected chi connectivity index (χ1v) is 14.0. The first-order chi connectivity index (χ1) is 13.7. The van der Waals surface area contributed by atoms with E-state index < -0.39 is 0 Å². The fourth-order valence-electron chi connectivity index (χ4n) is 4.38. The summed E-state index contributed by atoms with van der Waals surface area (Å²) in [4.78, 5) is 9.15. The van der Waals surface area contributed by atoms with Gasteiger partial charge in [-0.25, -0.2) is 0 Å². The summed E-state index contributed by atoms with van der Waals surface area (Å²) in [6, 6.07) is 0. The number of hydrogen-bond donors (Lipinski definition) is 2. The highest BCUT2D eigenvalue weighted by atomic mass is 35.5. The Morgan fingerprint density at radius 2 is 0.933 bits per heavy atom. The molecule has 0 aromatic carbocycles. The lowest BCUT2D eigenvalue weighted by atomic mass is 9.97. The van der Waals surface area contributed by atoms with Gasteiger partial charge in [0, 0.05) is 13.1 Å². The maximum Gasteiger partial charge on any atom is 0.105 e. The Labute approximate surface area is 205 Å². The Kier molecular flexibility index (Phi) is 20.0. The highest BCUT2D eigenvalue weighted by Crippen LogP contribution is 2.26. The second-order valence-corrected chi connectivity index (χ2v) is 11.0. The summed E-state index contributed by atoms with van der Waals surface area (Å²) in [6.07, 6.45) is 19.3. The van der Waals surface area contributed by atoms with Gasteiger partial charge in [-0.1, -0.05) is 98.6 Å². The van der Waals surface area contributed by atoms with E-state index in [0.717, 1.165) is 48.1 Å². The number of nitrogens with zero attached hydrogens (tertiary/aromatic N) is 2. The second kappa shape index (κ2) is 19.9. The van der Waals surface area contributed by atoms with Crippen molar-refractivity contribution >= 4 is 58.1 Å².